The highest BCUT2D eigenvalue weighted by Gasteiger charge is 2.35. The summed E-state index contributed by atoms with van der Waals surface area (Å²) in [5.41, 5.74) is 0.720. The predicted molar refractivity (Wildman–Crippen MR) is 74.3 cm³/mol. The summed E-state index contributed by atoms with van der Waals surface area (Å²) in [6.45, 7) is 4.05. The molecule has 1 aliphatic rings. The molecule has 112 valence electrons. The number of aryl methyl sites for hydroxylation is 1. The van der Waals surface area contributed by atoms with Gasteiger partial charge in [-0.25, -0.2) is 17.2 Å². The first-order valence-electron chi connectivity index (χ1n) is 6.73. The van der Waals surface area contributed by atoms with Crippen molar-refractivity contribution in [2.75, 3.05) is 18.1 Å². The van der Waals surface area contributed by atoms with E-state index < -0.39 is 27.5 Å². The molecule has 20 heavy (non-hydrogen) atoms. The molecule has 3 nitrogen and oxygen atoms in total. The van der Waals surface area contributed by atoms with E-state index in [0.29, 0.717) is 24.1 Å². The van der Waals surface area contributed by atoms with Crippen molar-refractivity contribution in [2.24, 2.45) is 5.92 Å². The number of hydrogen-bond acceptors (Lipinski definition) is 3. The van der Waals surface area contributed by atoms with Crippen LogP contribution in [0.1, 0.15) is 30.5 Å². The molecule has 1 aromatic carbocycles. The maximum Gasteiger partial charge on any atom is 0.150 e. The molecule has 1 fully saturated rings. The van der Waals surface area contributed by atoms with Gasteiger partial charge >= 0.3 is 0 Å². The molecule has 2 unspecified atom stereocenters. The monoisotopic (exact) mass is 303 g/mol. The molecular weight excluding hydrogens is 284 g/mol. The van der Waals surface area contributed by atoms with E-state index in [1.54, 1.807) is 6.92 Å². The van der Waals surface area contributed by atoms with Gasteiger partial charge in [-0.15, -0.1) is 0 Å². The highest BCUT2D eigenvalue weighted by Crippen LogP contribution is 2.33. The molecule has 0 amide bonds. The zero-order chi connectivity index (χ0) is 14.9. The van der Waals surface area contributed by atoms with Crippen LogP contribution in [-0.4, -0.2) is 26.5 Å². The summed E-state index contributed by atoms with van der Waals surface area (Å²) in [6, 6.07) is 1.96. The second kappa shape index (κ2) is 5.77. The molecule has 6 heteroatoms. The Bertz CT molecular complexity index is 601. The van der Waals surface area contributed by atoms with E-state index in [4.69, 9.17) is 0 Å². The minimum atomic E-state index is -3.03. The third-order valence-corrected chi connectivity index (χ3v) is 5.57. The first kappa shape index (κ1) is 15.4. The summed E-state index contributed by atoms with van der Waals surface area (Å²) in [5.74, 6) is -1.18. The number of halogens is 2. The van der Waals surface area contributed by atoms with E-state index >= 15 is 0 Å². The van der Waals surface area contributed by atoms with Crippen molar-refractivity contribution in [3.05, 3.63) is 34.9 Å². The van der Waals surface area contributed by atoms with Crippen molar-refractivity contribution < 1.29 is 17.2 Å². The van der Waals surface area contributed by atoms with Crippen molar-refractivity contribution in [1.82, 2.24) is 5.32 Å². The van der Waals surface area contributed by atoms with Crippen LogP contribution in [0, 0.1) is 24.5 Å². The van der Waals surface area contributed by atoms with Gasteiger partial charge in [-0.05, 0) is 37.4 Å². The molecule has 1 saturated heterocycles. The quantitative estimate of drug-likeness (QED) is 0.929. The average Bonchev–Trinajstić information content (AvgIpc) is 2.71. The van der Waals surface area contributed by atoms with E-state index in [1.807, 2.05) is 6.92 Å². The Morgan fingerprint density at radius 3 is 2.60 bits per heavy atom. The second-order valence-corrected chi connectivity index (χ2v) is 7.55. The van der Waals surface area contributed by atoms with Gasteiger partial charge in [-0.2, -0.15) is 0 Å². The largest absolute Gasteiger partial charge is 0.310 e. The minimum absolute atomic E-state index is 0.0561. The zero-order valence-corrected chi connectivity index (χ0v) is 12.4. The Labute approximate surface area is 118 Å². The summed E-state index contributed by atoms with van der Waals surface area (Å²) in [5, 5.41) is 3.14. The van der Waals surface area contributed by atoms with Gasteiger partial charge < -0.3 is 5.32 Å². The van der Waals surface area contributed by atoms with E-state index in [1.165, 1.54) is 6.07 Å². The number of benzene rings is 1. The van der Waals surface area contributed by atoms with Crippen molar-refractivity contribution >= 4 is 9.84 Å². The molecule has 2 rings (SSSR count). The molecule has 1 aliphatic heterocycles. The fraction of sp³-hybridized carbons (Fsp3) is 0.571. The maximum absolute atomic E-state index is 14.0. The molecule has 0 saturated carbocycles. The van der Waals surface area contributed by atoms with Crippen molar-refractivity contribution in [2.45, 2.75) is 26.3 Å². The molecule has 0 radical (unpaired) electrons. The highest BCUT2D eigenvalue weighted by molar-refractivity contribution is 7.91. The van der Waals surface area contributed by atoms with Gasteiger partial charge in [0.2, 0.25) is 0 Å². The van der Waals surface area contributed by atoms with Crippen LogP contribution in [0.3, 0.4) is 0 Å². The Morgan fingerprint density at radius 2 is 2.05 bits per heavy atom. The Hall–Kier alpha value is -1.01. The molecule has 1 N–H and O–H groups in total. The Balaban J connectivity index is 2.36. The Kier molecular flexibility index (Phi) is 4.44. The third-order valence-electron chi connectivity index (χ3n) is 3.78. The van der Waals surface area contributed by atoms with E-state index in [0.717, 1.165) is 6.07 Å². The minimum Gasteiger partial charge on any atom is -0.310 e. The van der Waals surface area contributed by atoms with Gasteiger partial charge in [0.05, 0.1) is 11.5 Å². The summed E-state index contributed by atoms with van der Waals surface area (Å²) in [7, 11) is -3.03. The smallest absolute Gasteiger partial charge is 0.150 e. The first-order chi connectivity index (χ1) is 9.34. The van der Waals surface area contributed by atoms with Gasteiger partial charge in [0.1, 0.15) is 11.6 Å². The number of nitrogens with one attached hydrogen (secondary N) is 1. The van der Waals surface area contributed by atoms with Gasteiger partial charge in [0.15, 0.2) is 9.84 Å². The molecule has 0 spiro atoms. The third kappa shape index (κ3) is 3.17. The van der Waals surface area contributed by atoms with Gasteiger partial charge in [0.25, 0.3) is 0 Å². The Morgan fingerprint density at radius 1 is 1.35 bits per heavy atom. The molecular formula is C14H19F2NO2S. The number of sulfone groups is 1. The standard InChI is InChI=1S/C14H19F2NO2S/c1-3-17-14(10-4-5-20(18,19)8-10)11-6-9(2)12(15)7-13(11)16/h6-7,10,14,17H,3-5,8H2,1-2H3. The van der Waals surface area contributed by atoms with E-state index in [2.05, 4.69) is 5.32 Å². The fourth-order valence-electron chi connectivity index (χ4n) is 2.76. The number of hydrogen-bond donors (Lipinski definition) is 1. The summed E-state index contributed by atoms with van der Waals surface area (Å²) in [4.78, 5) is 0. The van der Waals surface area contributed by atoms with Crippen LogP contribution in [-0.2, 0) is 9.84 Å². The molecule has 2 atom stereocenters. The van der Waals surface area contributed by atoms with Crippen molar-refractivity contribution in [1.29, 1.82) is 0 Å². The average molecular weight is 303 g/mol. The SMILES string of the molecule is CCNC(c1cc(C)c(F)cc1F)C1CCS(=O)(=O)C1. The molecule has 1 aromatic rings. The fourth-order valence-corrected chi connectivity index (χ4v) is 4.60. The van der Waals surface area contributed by atoms with Crippen LogP contribution in [0.4, 0.5) is 8.78 Å². The van der Waals surface area contributed by atoms with Crippen LogP contribution in [0.2, 0.25) is 0 Å². The lowest BCUT2D eigenvalue weighted by molar-refractivity contribution is 0.385. The van der Waals surface area contributed by atoms with Gasteiger partial charge in [-0.1, -0.05) is 6.92 Å². The predicted octanol–water partition coefficient (Wildman–Crippen LogP) is 2.36. The zero-order valence-electron chi connectivity index (χ0n) is 11.6. The maximum atomic E-state index is 14.0. The van der Waals surface area contributed by atoms with Crippen LogP contribution in [0.15, 0.2) is 12.1 Å². The summed E-state index contributed by atoms with van der Waals surface area (Å²) < 4.78 is 50.6. The van der Waals surface area contributed by atoms with Gasteiger partial charge in [0, 0.05) is 17.7 Å². The van der Waals surface area contributed by atoms with Crippen molar-refractivity contribution in [3.63, 3.8) is 0 Å². The van der Waals surface area contributed by atoms with E-state index in [-0.39, 0.29) is 17.4 Å². The normalized spacial score (nSPS) is 22.9. The second-order valence-electron chi connectivity index (χ2n) is 5.32. The summed E-state index contributed by atoms with van der Waals surface area (Å²) >= 11 is 0. The van der Waals surface area contributed by atoms with Crippen molar-refractivity contribution in [3.8, 4) is 0 Å². The van der Waals surface area contributed by atoms with Crippen LogP contribution in [0.5, 0.6) is 0 Å². The van der Waals surface area contributed by atoms with Crippen LogP contribution >= 0.6 is 0 Å². The van der Waals surface area contributed by atoms with Crippen LogP contribution < -0.4 is 5.32 Å². The highest BCUT2D eigenvalue weighted by atomic mass is 32.2. The lowest BCUT2D eigenvalue weighted by Gasteiger charge is -2.25. The lowest BCUT2D eigenvalue weighted by Crippen LogP contribution is -2.30. The molecule has 0 bridgehead atoms. The molecule has 0 aliphatic carbocycles. The summed E-state index contributed by atoms with van der Waals surface area (Å²) in [6.07, 6.45) is 0.510. The molecule has 1 heterocycles. The van der Waals surface area contributed by atoms with Crippen LogP contribution in [0.25, 0.3) is 0 Å². The number of rotatable bonds is 4. The van der Waals surface area contributed by atoms with E-state index in [9.17, 15) is 17.2 Å². The van der Waals surface area contributed by atoms with Gasteiger partial charge in [-0.3, -0.25) is 0 Å². The lowest BCUT2D eigenvalue weighted by atomic mass is 9.91. The molecule has 0 aromatic heterocycles. The topological polar surface area (TPSA) is 46.2 Å². The first-order valence-corrected chi connectivity index (χ1v) is 8.55.